The second-order valence-electron chi connectivity index (χ2n) is 3.15. The van der Waals surface area contributed by atoms with Crippen LogP contribution in [0, 0.1) is 5.82 Å². The fraction of sp³-hybridized carbons (Fsp3) is 0. The molecule has 0 aliphatic carbocycles. The minimum atomic E-state index is -0.470. The fourth-order valence-corrected chi connectivity index (χ4v) is 1.28. The summed E-state index contributed by atoms with van der Waals surface area (Å²) in [6.07, 6.45) is 3.85. The van der Waals surface area contributed by atoms with Crippen molar-refractivity contribution in [1.82, 2.24) is 30.3 Å². The van der Waals surface area contributed by atoms with Gasteiger partial charge in [-0.05, 0) is 6.07 Å². The van der Waals surface area contributed by atoms with Crippen molar-refractivity contribution in [2.45, 2.75) is 0 Å². The van der Waals surface area contributed by atoms with Crippen LogP contribution in [0.4, 0.5) is 4.39 Å². The van der Waals surface area contributed by atoms with Gasteiger partial charge in [0.2, 0.25) is 5.82 Å². The quantitative estimate of drug-likeness (QED) is 0.709. The van der Waals surface area contributed by atoms with Crippen LogP contribution in [-0.2, 0) is 0 Å². The molecule has 1 N–H and O–H groups in total. The number of rotatable bonds is 2. The van der Waals surface area contributed by atoms with Gasteiger partial charge in [0.15, 0.2) is 5.82 Å². The second-order valence-corrected chi connectivity index (χ2v) is 3.15. The molecule has 3 heterocycles. The summed E-state index contributed by atoms with van der Waals surface area (Å²) in [4.78, 5) is 11.6. The highest BCUT2D eigenvalue weighted by Gasteiger charge is 2.13. The molecule has 3 rings (SSSR count). The summed E-state index contributed by atoms with van der Waals surface area (Å²) < 4.78 is 17.9. The first kappa shape index (κ1) is 9.58. The summed E-state index contributed by atoms with van der Waals surface area (Å²) in [6, 6.07) is 1.25. The summed E-state index contributed by atoms with van der Waals surface area (Å²) in [5, 5.41) is 9.95. The molecule has 3 aromatic heterocycles. The lowest BCUT2D eigenvalue weighted by Gasteiger charge is -1.91. The summed E-state index contributed by atoms with van der Waals surface area (Å²) in [5.74, 6) is 0.330. The minimum absolute atomic E-state index is 0.170. The average Bonchev–Trinajstić information content (AvgIpc) is 3.00. The van der Waals surface area contributed by atoms with E-state index in [1.807, 2.05) is 0 Å². The monoisotopic (exact) mass is 232 g/mol. The third-order valence-corrected chi connectivity index (χ3v) is 2.00. The smallest absolute Gasteiger partial charge is 0.260 e. The van der Waals surface area contributed by atoms with Crippen LogP contribution >= 0.6 is 0 Å². The Kier molecular flexibility index (Phi) is 2.11. The molecule has 0 fully saturated rings. The molecule has 0 atom stereocenters. The lowest BCUT2D eigenvalue weighted by molar-refractivity contribution is 0.431. The number of nitrogens with zero attached hydrogens (tertiary/aromatic N) is 5. The standard InChI is InChI=1S/C9H5FN6O/c10-6-1-5(2-11-3-6)9-14-8(16-17-9)7-12-4-13-15-7/h1-4H,(H,12,13,15). The van der Waals surface area contributed by atoms with Crippen LogP contribution in [0.3, 0.4) is 0 Å². The highest BCUT2D eigenvalue weighted by atomic mass is 19.1. The van der Waals surface area contributed by atoms with Crippen LogP contribution in [0.25, 0.3) is 23.1 Å². The molecule has 0 saturated heterocycles. The lowest BCUT2D eigenvalue weighted by Crippen LogP contribution is -1.85. The number of halogens is 1. The van der Waals surface area contributed by atoms with Crippen LogP contribution in [0.2, 0.25) is 0 Å². The van der Waals surface area contributed by atoms with E-state index < -0.39 is 5.82 Å². The van der Waals surface area contributed by atoms with Gasteiger partial charge in [0, 0.05) is 6.20 Å². The van der Waals surface area contributed by atoms with Crippen LogP contribution < -0.4 is 0 Å². The Hall–Kier alpha value is -2.64. The zero-order valence-electron chi connectivity index (χ0n) is 8.33. The van der Waals surface area contributed by atoms with Crippen molar-refractivity contribution >= 4 is 0 Å². The van der Waals surface area contributed by atoms with E-state index in [0.717, 1.165) is 6.20 Å². The second kappa shape index (κ2) is 3.74. The largest absolute Gasteiger partial charge is 0.333 e. The molecule has 0 aromatic carbocycles. The van der Waals surface area contributed by atoms with Gasteiger partial charge in [-0.2, -0.15) is 10.1 Å². The maximum absolute atomic E-state index is 13.0. The van der Waals surface area contributed by atoms with Crippen molar-refractivity contribution in [3.05, 3.63) is 30.6 Å². The molecule has 17 heavy (non-hydrogen) atoms. The molecule has 0 aliphatic rings. The normalized spacial score (nSPS) is 10.6. The van der Waals surface area contributed by atoms with E-state index in [1.165, 1.54) is 18.6 Å². The summed E-state index contributed by atoms with van der Waals surface area (Å²) in [7, 11) is 0. The fourth-order valence-electron chi connectivity index (χ4n) is 1.28. The Labute approximate surface area is 93.7 Å². The molecule has 0 amide bonds. The first-order valence-corrected chi connectivity index (χ1v) is 4.63. The third-order valence-electron chi connectivity index (χ3n) is 2.00. The Morgan fingerprint density at radius 1 is 1.29 bits per heavy atom. The molecular formula is C9H5FN6O. The number of pyridine rings is 1. The molecule has 84 valence electrons. The van der Waals surface area contributed by atoms with Crippen LogP contribution in [0.15, 0.2) is 29.3 Å². The van der Waals surface area contributed by atoms with E-state index in [9.17, 15) is 4.39 Å². The summed E-state index contributed by atoms with van der Waals surface area (Å²) in [6.45, 7) is 0. The highest BCUT2D eigenvalue weighted by Crippen LogP contribution is 2.19. The summed E-state index contributed by atoms with van der Waals surface area (Å²) in [5.41, 5.74) is 0.406. The van der Waals surface area contributed by atoms with Gasteiger partial charge in [0.25, 0.3) is 5.89 Å². The van der Waals surface area contributed by atoms with Crippen molar-refractivity contribution < 1.29 is 8.91 Å². The topological polar surface area (TPSA) is 93.4 Å². The molecule has 0 spiro atoms. The van der Waals surface area contributed by atoms with Gasteiger partial charge in [0.1, 0.15) is 12.1 Å². The average molecular weight is 232 g/mol. The van der Waals surface area contributed by atoms with Gasteiger partial charge in [-0.1, -0.05) is 5.16 Å². The van der Waals surface area contributed by atoms with Crippen LogP contribution in [-0.4, -0.2) is 30.3 Å². The van der Waals surface area contributed by atoms with E-state index in [-0.39, 0.29) is 11.7 Å². The van der Waals surface area contributed by atoms with Gasteiger partial charge < -0.3 is 4.52 Å². The third kappa shape index (κ3) is 1.75. The van der Waals surface area contributed by atoms with E-state index in [4.69, 9.17) is 4.52 Å². The SMILES string of the molecule is Fc1cncc(-c2nc(-c3ncn[nH]3)no2)c1. The van der Waals surface area contributed by atoms with Gasteiger partial charge in [-0.15, -0.1) is 0 Å². The first-order valence-electron chi connectivity index (χ1n) is 4.63. The zero-order valence-corrected chi connectivity index (χ0v) is 8.33. The highest BCUT2D eigenvalue weighted by molar-refractivity contribution is 5.54. The Bertz CT molecular complexity index is 634. The van der Waals surface area contributed by atoms with Crippen molar-refractivity contribution in [2.24, 2.45) is 0 Å². The molecule has 0 saturated carbocycles. The van der Waals surface area contributed by atoms with E-state index in [0.29, 0.717) is 11.4 Å². The lowest BCUT2D eigenvalue weighted by atomic mass is 10.3. The van der Waals surface area contributed by atoms with Gasteiger partial charge in [0.05, 0.1) is 11.8 Å². The zero-order chi connectivity index (χ0) is 11.7. The molecule has 7 nitrogen and oxygen atoms in total. The number of aromatic amines is 1. The number of aromatic nitrogens is 6. The van der Waals surface area contributed by atoms with Crippen molar-refractivity contribution in [1.29, 1.82) is 0 Å². The van der Waals surface area contributed by atoms with Crippen molar-refractivity contribution in [3.8, 4) is 23.1 Å². The van der Waals surface area contributed by atoms with E-state index in [1.54, 1.807) is 0 Å². The molecule has 0 bridgehead atoms. The maximum Gasteiger partial charge on any atom is 0.260 e. The van der Waals surface area contributed by atoms with Crippen molar-refractivity contribution in [3.63, 3.8) is 0 Å². The molecule has 3 aromatic rings. The predicted molar refractivity (Wildman–Crippen MR) is 52.9 cm³/mol. The molecule has 0 unspecified atom stereocenters. The van der Waals surface area contributed by atoms with Crippen LogP contribution in [0.1, 0.15) is 0 Å². The Morgan fingerprint density at radius 3 is 3.00 bits per heavy atom. The minimum Gasteiger partial charge on any atom is -0.333 e. The van der Waals surface area contributed by atoms with Crippen molar-refractivity contribution in [2.75, 3.05) is 0 Å². The van der Waals surface area contributed by atoms with Gasteiger partial charge in [-0.3, -0.25) is 10.1 Å². The van der Waals surface area contributed by atoms with E-state index >= 15 is 0 Å². The first-order chi connectivity index (χ1) is 8.33. The van der Waals surface area contributed by atoms with Gasteiger partial charge in [-0.25, -0.2) is 9.37 Å². The van der Waals surface area contributed by atoms with Crippen LogP contribution in [0.5, 0.6) is 0 Å². The molecular weight excluding hydrogens is 227 g/mol. The number of hydrogen-bond acceptors (Lipinski definition) is 6. The number of hydrogen-bond donors (Lipinski definition) is 1. The maximum atomic E-state index is 13.0. The van der Waals surface area contributed by atoms with E-state index in [2.05, 4.69) is 30.3 Å². The Morgan fingerprint density at radius 2 is 2.24 bits per heavy atom. The summed E-state index contributed by atoms with van der Waals surface area (Å²) >= 11 is 0. The molecule has 8 heteroatoms. The number of nitrogens with one attached hydrogen (secondary N) is 1. The van der Waals surface area contributed by atoms with Gasteiger partial charge >= 0.3 is 0 Å². The molecule has 0 aliphatic heterocycles. The molecule has 0 radical (unpaired) electrons. The predicted octanol–water partition coefficient (Wildman–Crippen LogP) is 1.06. The number of H-pyrrole nitrogens is 1. The Balaban J connectivity index is 2.01.